The van der Waals surface area contributed by atoms with Gasteiger partial charge in [0.25, 0.3) is 15.9 Å². The Balaban J connectivity index is 1.89. The second kappa shape index (κ2) is 8.31. The van der Waals surface area contributed by atoms with Crippen LogP contribution in [-0.2, 0) is 16.4 Å². The minimum atomic E-state index is -3.82. The third-order valence-electron chi connectivity index (χ3n) is 4.62. The molecule has 27 heavy (non-hydrogen) atoms. The van der Waals surface area contributed by atoms with Crippen molar-refractivity contribution in [2.24, 2.45) is 0 Å². The molecule has 1 heterocycles. The smallest absolute Gasteiger partial charge is 0.261 e. The van der Waals surface area contributed by atoms with Crippen LogP contribution in [0.25, 0.3) is 0 Å². The lowest BCUT2D eigenvalue weighted by Gasteiger charge is -2.18. The van der Waals surface area contributed by atoms with Crippen molar-refractivity contribution < 1.29 is 13.2 Å². The fourth-order valence-corrected chi connectivity index (χ4v) is 4.45. The van der Waals surface area contributed by atoms with Crippen LogP contribution in [-0.4, -0.2) is 32.3 Å². The Labute approximate surface area is 165 Å². The number of sulfonamides is 1. The molecule has 1 fully saturated rings. The third kappa shape index (κ3) is 4.62. The lowest BCUT2D eigenvalue weighted by Crippen LogP contribution is -2.28. The van der Waals surface area contributed by atoms with Crippen LogP contribution >= 0.6 is 11.6 Å². The molecule has 7 heteroatoms. The van der Waals surface area contributed by atoms with E-state index < -0.39 is 10.0 Å². The monoisotopic (exact) mass is 406 g/mol. The first-order valence-electron chi connectivity index (χ1n) is 9.11. The molecule has 1 amide bonds. The van der Waals surface area contributed by atoms with Gasteiger partial charge in [0.15, 0.2) is 0 Å². The van der Waals surface area contributed by atoms with Crippen molar-refractivity contribution in [1.82, 2.24) is 4.90 Å². The molecule has 2 aromatic rings. The second-order valence-electron chi connectivity index (χ2n) is 6.69. The van der Waals surface area contributed by atoms with E-state index in [1.54, 1.807) is 29.2 Å². The van der Waals surface area contributed by atoms with Crippen molar-refractivity contribution in [3.8, 4) is 0 Å². The minimum Gasteiger partial charge on any atom is -0.339 e. The number of amides is 1. The zero-order valence-corrected chi connectivity index (χ0v) is 16.8. The summed E-state index contributed by atoms with van der Waals surface area (Å²) in [6.45, 7) is 3.45. The molecule has 3 rings (SSSR count). The maximum absolute atomic E-state index is 12.8. The van der Waals surface area contributed by atoms with Gasteiger partial charge in [0.1, 0.15) is 0 Å². The van der Waals surface area contributed by atoms with Crippen LogP contribution in [0.5, 0.6) is 0 Å². The van der Waals surface area contributed by atoms with Crippen molar-refractivity contribution in [3.63, 3.8) is 0 Å². The third-order valence-corrected chi connectivity index (χ3v) is 6.24. The number of benzene rings is 2. The Bertz CT molecular complexity index is 921. The Morgan fingerprint density at radius 3 is 2.41 bits per heavy atom. The molecule has 0 atom stereocenters. The number of anilines is 1. The van der Waals surface area contributed by atoms with E-state index in [9.17, 15) is 13.2 Å². The normalized spacial score (nSPS) is 14.4. The first-order chi connectivity index (χ1) is 12.9. The Morgan fingerprint density at radius 1 is 1.11 bits per heavy atom. The number of hydrogen-bond acceptors (Lipinski definition) is 3. The van der Waals surface area contributed by atoms with E-state index in [1.165, 1.54) is 6.07 Å². The maximum atomic E-state index is 12.8. The van der Waals surface area contributed by atoms with Gasteiger partial charge in [0.05, 0.1) is 16.1 Å². The zero-order chi connectivity index (χ0) is 19.4. The number of carbonyl (C=O) groups excluding carboxylic acids is 1. The first kappa shape index (κ1) is 19.7. The summed E-state index contributed by atoms with van der Waals surface area (Å²) in [5.41, 5.74) is 1.61. The van der Waals surface area contributed by atoms with E-state index in [-0.39, 0.29) is 16.5 Å². The van der Waals surface area contributed by atoms with Crippen LogP contribution in [0.4, 0.5) is 5.69 Å². The van der Waals surface area contributed by atoms with E-state index in [0.29, 0.717) is 23.7 Å². The molecule has 0 aromatic heterocycles. The van der Waals surface area contributed by atoms with Gasteiger partial charge in [-0.1, -0.05) is 37.1 Å². The van der Waals surface area contributed by atoms with Gasteiger partial charge in [-0.15, -0.1) is 0 Å². The number of likely N-dealkylation sites (tertiary alicyclic amines) is 1. The highest BCUT2D eigenvalue weighted by Crippen LogP contribution is 2.26. The summed E-state index contributed by atoms with van der Waals surface area (Å²) in [7, 11) is -3.82. The molecule has 0 radical (unpaired) electrons. The molecule has 144 valence electrons. The number of nitrogens with one attached hydrogen (secondary N) is 1. The number of carbonyl (C=O) groups is 1. The van der Waals surface area contributed by atoms with E-state index in [4.69, 9.17) is 11.6 Å². The number of nitrogens with zero attached hydrogens (tertiary/aromatic N) is 1. The minimum absolute atomic E-state index is 0.155. The quantitative estimate of drug-likeness (QED) is 0.776. The van der Waals surface area contributed by atoms with E-state index >= 15 is 0 Å². The molecular weight excluding hydrogens is 384 g/mol. The Morgan fingerprint density at radius 2 is 1.78 bits per heavy atom. The molecule has 1 aliphatic heterocycles. The van der Waals surface area contributed by atoms with Crippen LogP contribution < -0.4 is 4.72 Å². The van der Waals surface area contributed by atoms with Gasteiger partial charge in [-0.3, -0.25) is 9.52 Å². The second-order valence-corrected chi connectivity index (χ2v) is 8.81. The molecular formula is C20H23ClN2O3S. The predicted octanol–water partition coefficient (Wildman–Crippen LogP) is 4.33. The van der Waals surface area contributed by atoms with Crippen LogP contribution in [0.3, 0.4) is 0 Å². The van der Waals surface area contributed by atoms with Gasteiger partial charge >= 0.3 is 0 Å². The lowest BCUT2D eigenvalue weighted by molar-refractivity contribution is 0.0794. The molecule has 1 saturated heterocycles. The van der Waals surface area contributed by atoms with Crippen LogP contribution in [0.15, 0.2) is 47.4 Å². The lowest BCUT2D eigenvalue weighted by atomic mass is 10.1. The highest BCUT2D eigenvalue weighted by Gasteiger charge is 2.24. The molecule has 1 N–H and O–H groups in total. The maximum Gasteiger partial charge on any atom is 0.261 e. The summed E-state index contributed by atoms with van der Waals surface area (Å²) >= 11 is 6.05. The van der Waals surface area contributed by atoms with Crippen LogP contribution in [0.2, 0.25) is 5.02 Å². The predicted molar refractivity (Wildman–Crippen MR) is 108 cm³/mol. The van der Waals surface area contributed by atoms with Gasteiger partial charge in [-0.2, -0.15) is 0 Å². The zero-order valence-electron chi connectivity index (χ0n) is 15.2. The number of hydrogen-bond donors (Lipinski definition) is 1. The average Bonchev–Trinajstić information content (AvgIpc) is 3.16. The SMILES string of the molecule is CCCc1ccc(S(=O)(=O)Nc2cc(Cl)ccc2C(=O)N2CCCC2)cc1. The standard InChI is InChI=1S/C20H23ClN2O3S/c1-2-5-15-6-9-17(10-7-15)27(25,26)22-19-14-16(21)8-11-18(19)20(24)23-12-3-4-13-23/h6-11,14,22H,2-5,12-13H2,1H3. The van der Waals surface area contributed by atoms with E-state index in [1.807, 2.05) is 12.1 Å². The van der Waals surface area contributed by atoms with Crippen molar-refractivity contribution in [2.45, 2.75) is 37.5 Å². The van der Waals surface area contributed by atoms with Gasteiger partial charge in [-0.05, 0) is 55.2 Å². The van der Waals surface area contributed by atoms with E-state index in [0.717, 1.165) is 31.2 Å². The molecule has 0 aliphatic carbocycles. The summed E-state index contributed by atoms with van der Waals surface area (Å²) in [6.07, 6.45) is 3.82. The van der Waals surface area contributed by atoms with Gasteiger partial charge in [0, 0.05) is 18.1 Å². The molecule has 0 saturated carbocycles. The molecule has 1 aliphatic rings. The van der Waals surface area contributed by atoms with Crippen molar-refractivity contribution >= 4 is 33.2 Å². The number of halogens is 1. The van der Waals surface area contributed by atoms with Crippen LogP contribution in [0.1, 0.15) is 42.1 Å². The van der Waals surface area contributed by atoms with E-state index in [2.05, 4.69) is 11.6 Å². The molecule has 2 aromatic carbocycles. The van der Waals surface area contributed by atoms with Gasteiger partial charge in [-0.25, -0.2) is 8.42 Å². The summed E-state index contributed by atoms with van der Waals surface area (Å²) in [4.78, 5) is 14.7. The summed E-state index contributed by atoms with van der Waals surface area (Å²) in [5.74, 6) is -0.180. The fourth-order valence-electron chi connectivity index (χ4n) is 3.21. The number of rotatable bonds is 6. The average molecular weight is 407 g/mol. The molecule has 0 unspecified atom stereocenters. The summed E-state index contributed by atoms with van der Waals surface area (Å²) in [5, 5.41) is 0.365. The molecule has 5 nitrogen and oxygen atoms in total. The Kier molecular flexibility index (Phi) is 6.07. The summed E-state index contributed by atoms with van der Waals surface area (Å²) < 4.78 is 28.1. The van der Waals surface area contributed by atoms with Crippen molar-refractivity contribution in [2.75, 3.05) is 17.8 Å². The van der Waals surface area contributed by atoms with Crippen molar-refractivity contribution in [1.29, 1.82) is 0 Å². The van der Waals surface area contributed by atoms with Crippen molar-refractivity contribution in [3.05, 3.63) is 58.6 Å². The highest BCUT2D eigenvalue weighted by atomic mass is 35.5. The first-order valence-corrected chi connectivity index (χ1v) is 11.0. The summed E-state index contributed by atoms with van der Waals surface area (Å²) in [6, 6.07) is 11.4. The molecule has 0 spiro atoms. The number of aryl methyl sites for hydroxylation is 1. The Hall–Kier alpha value is -2.05. The van der Waals surface area contributed by atoms with Crippen LogP contribution in [0, 0.1) is 0 Å². The van der Waals surface area contributed by atoms with Gasteiger partial charge < -0.3 is 4.90 Å². The largest absolute Gasteiger partial charge is 0.339 e. The fraction of sp³-hybridized carbons (Fsp3) is 0.350. The highest BCUT2D eigenvalue weighted by molar-refractivity contribution is 7.92. The topological polar surface area (TPSA) is 66.5 Å². The van der Waals surface area contributed by atoms with Gasteiger partial charge in [0.2, 0.25) is 0 Å². The molecule has 0 bridgehead atoms.